The van der Waals surface area contributed by atoms with Gasteiger partial charge in [0.25, 0.3) is 5.69 Å². The highest BCUT2D eigenvalue weighted by atomic mass is 35.5. The summed E-state index contributed by atoms with van der Waals surface area (Å²) in [6, 6.07) is 10.1. The van der Waals surface area contributed by atoms with E-state index < -0.39 is 10.9 Å². The molecule has 0 fully saturated rings. The van der Waals surface area contributed by atoms with E-state index in [0.29, 0.717) is 11.3 Å². The van der Waals surface area contributed by atoms with Crippen molar-refractivity contribution in [3.05, 3.63) is 63.2 Å². The molecule has 2 aromatic carbocycles. The molecule has 0 aliphatic carbocycles. The first kappa shape index (κ1) is 14.8. The van der Waals surface area contributed by atoms with E-state index in [4.69, 9.17) is 16.3 Å². The standard InChI is InChI=1S/C14H10ClNO5/c1-20-14(17)9-2-5-11(6-3-9)21-13-7-4-10(16(18)19)8-12(13)15/h2-8H,1H3. The van der Waals surface area contributed by atoms with E-state index in [1.54, 1.807) is 24.3 Å². The number of carbonyl (C=O) groups is 1. The Labute approximate surface area is 125 Å². The Morgan fingerprint density at radius 1 is 1.19 bits per heavy atom. The van der Waals surface area contributed by atoms with E-state index >= 15 is 0 Å². The number of nitro benzene ring substituents is 1. The average Bonchev–Trinajstić information content (AvgIpc) is 2.49. The van der Waals surface area contributed by atoms with Crippen molar-refractivity contribution in [3.63, 3.8) is 0 Å². The van der Waals surface area contributed by atoms with Crippen LogP contribution in [0, 0.1) is 10.1 Å². The molecule has 0 saturated carbocycles. The van der Waals surface area contributed by atoms with Crippen molar-refractivity contribution in [2.75, 3.05) is 7.11 Å². The first-order valence-electron chi connectivity index (χ1n) is 5.81. The van der Waals surface area contributed by atoms with Crippen molar-refractivity contribution < 1.29 is 19.2 Å². The van der Waals surface area contributed by atoms with Crippen molar-refractivity contribution in [1.82, 2.24) is 0 Å². The molecule has 0 radical (unpaired) electrons. The summed E-state index contributed by atoms with van der Waals surface area (Å²) in [6.07, 6.45) is 0. The molecule has 0 heterocycles. The molecule has 2 aromatic rings. The molecule has 0 bridgehead atoms. The predicted molar refractivity (Wildman–Crippen MR) is 76.0 cm³/mol. The number of nitro groups is 1. The molecule has 0 saturated heterocycles. The van der Waals surface area contributed by atoms with Gasteiger partial charge in [0.15, 0.2) is 0 Å². The Morgan fingerprint density at radius 2 is 1.86 bits per heavy atom. The lowest BCUT2D eigenvalue weighted by atomic mass is 10.2. The van der Waals surface area contributed by atoms with E-state index in [1.807, 2.05) is 0 Å². The molecule has 0 N–H and O–H groups in total. The van der Waals surface area contributed by atoms with Gasteiger partial charge in [-0.1, -0.05) is 11.6 Å². The van der Waals surface area contributed by atoms with Gasteiger partial charge in [-0.25, -0.2) is 4.79 Å². The SMILES string of the molecule is COC(=O)c1ccc(Oc2ccc([N+](=O)[O-])cc2Cl)cc1. The lowest BCUT2D eigenvalue weighted by molar-refractivity contribution is -0.384. The van der Waals surface area contributed by atoms with Crippen molar-refractivity contribution in [3.8, 4) is 11.5 Å². The van der Waals surface area contributed by atoms with Gasteiger partial charge < -0.3 is 9.47 Å². The van der Waals surface area contributed by atoms with Crippen LogP contribution in [0.15, 0.2) is 42.5 Å². The lowest BCUT2D eigenvalue weighted by Crippen LogP contribution is -2.00. The maximum atomic E-state index is 11.3. The summed E-state index contributed by atoms with van der Waals surface area (Å²) < 4.78 is 10.1. The minimum Gasteiger partial charge on any atom is -0.465 e. The van der Waals surface area contributed by atoms with Gasteiger partial charge in [0.2, 0.25) is 0 Å². The number of nitrogens with zero attached hydrogens (tertiary/aromatic N) is 1. The van der Waals surface area contributed by atoms with E-state index in [-0.39, 0.29) is 16.5 Å². The second kappa shape index (κ2) is 6.23. The third-order valence-corrected chi connectivity index (χ3v) is 2.92. The number of esters is 1. The molecule has 0 aliphatic rings. The third kappa shape index (κ3) is 3.49. The van der Waals surface area contributed by atoms with Crippen molar-refractivity contribution in [2.45, 2.75) is 0 Å². The summed E-state index contributed by atoms with van der Waals surface area (Å²) in [5, 5.41) is 10.7. The summed E-state index contributed by atoms with van der Waals surface area (Å²) in [5.74, 6) is 0.279. The number of hydrogen-bond donors (Lipinski definition) is 0. The Morgan fingerprint density at radius 3 is 2.38 bits per heavy atom. The number of non-ortho nitro benzene ring substituents is 1. The van der Waals surface area contributed by atoms with Gasteiger partial charge in [0.1, 0.15) is 11.5 Å². The first-order chi connectivity index (χ1) is 10.0. The zero-order valence-corrected chi connectivity index (χ0v) is 11.7. The first-order valence-corrected chi connectivity index (χ1v) is 6.19. The number of ether oxygens (including phenoxy) is 2. The fraction of sp³-hybridized carbons (Fsp3) is 0.0714. The average molecular weight is 308 g/mol. The van der Waals surface area contributed by atoms with Gasteiger partial charge in [-0.2, -0.15) is 0 Å². The lowest BCUT2D eigenvalue weighted by Gasteiger charge is -2.07. The Balaban J connectivity index is 2.18. The molecule has 6 nitrogen and oxygen atoms in total. The van der Waals surface area contributed by atoms with Gasteiger partial charge in [-0.05, 0) is 30.3 Å². The Hall–Kier alpha value is -2.60. The van der Waals surface area contributed by atoms with Crippen LogP contribution in [-0.4, -0.2) is 18.0 Å². The van der Waals surface area contributed by atoms with Crippen molar-refractivity contribution in [1.29, 1.82) is 0 Å². The van der Waals surface area contributed by atoms with Crippen LogP contribution in [0.4, 0.5) is 5.69 Å². The van der Waals surface area contributed by atoms with Gasteiger partial charge in [0.05, 0.1) is 22.6 Å². The van der Waals surface area contributed by atoms with Gasteiger partial charge in [0, 0.05) is 12.1 Å². The second-order valence-corrected chi connectivity index (χ2v) is 4.40. The minimum absolute atomic E-state index is 0.117. The van der Waals surface area contributed by atoms with Crippen LogP contribution in [0.25, 0.3) is 0 Å². The molecule has 0 aromatic heterocycles. The van der Waals surface area contributed by atoms with Gasteiger partial charge in [-0.3, -0.25) is 10.1 Å². The smallest absolute Gasteiger partial charge is 0.337 e. The molecular formula is C14H10ClNO5. The number of carbonyl (C=O) groups excluding carboxylic acids is 1. The molecule has 0 amide bonds. The maximum Gasteiger partial charge on any atom is 0.337 e. The zero-order chi connectivity index (χ0) is 15.4. The monoisotopic (exact) mass is 307 g/mol. The fourth-order valence-electron chi connectivity index (χ4n) is 1.59. The highest BCUT2D eigenvalue weighted by Gasteiger charge is 2.11. The van der Waals surface area contributed by atoms with Crippen LogP contribution in [0.2, 0.25) is 5.02 Å². The predicted octanol–water partition coefficient (Wildman–Crippen LogP) is 3.83. The highest BCUT2D eigenvalue weighted by Crippen LogP contribution is 2.32. The molecule has 2 rings (SSSR count). The number of rotatable bonds is 4. The van der Waals surface area contributed by atoms with Gasteiger partial charge in [-0.15, -0.1) is 0 Å². The van der Waals surface area contributed by atoms with E-state index in [9.17, 15) is 14.9 Å². The molecular weight excluding hydrogens is 298 g/mol. The van der Waals surface area contributed by atoms with Crippen LogP contribution < -0.4 is 4.74 Å². The third-order valence-electron chi connectivity index (χ3n) is 2.63. The molecule has 0 atom stereocenters. The number of hydrogen-bond acceptors (Lipinski definition) is 5. The fourth-order valence-corrected chi connectivity index (χ4v) is 1.80. The minimum atomic E-state index is -0.541. The molecule has 0 aliphatic heterocycles. The number of methoxy groups -OCH3 is 1. The zero-order valence-electron chi connectivity index (χ0n) is 10.9. The highest BCUT2D eigenvalue weighted by molar-refractivity contribution is 6.32. The maximum absolute atomic E-state index is 11.3. The summed E-state index contributed by atoms with van der Waals surface area (Å²) in [6.45, 7) is 0. The Bertz CT molecular complexity index is 684. The van der Waals surface area contributed by atoms with E-state index in [1.165, 1.54) is 25.3 Å². The quantitative estimate of drug-likeness (QED) is 0.487. The molecule has 21 heavy (non-hydrogen) atoms. The topological polar surface area (TPSA) is 78.7 Å². The van der Waals surface area contributed by atoms with Crippen LogP contribution in [-0.2, 0) is 4.74 Å². The summed E-state index contributed by atoms with van der Waals surface area (Å²) in [5.41, 5.74) is 0.271. The molecule has 0 unspecified atom stereocenters. The van der Waals surface area contributed by atoms with Crippen LogP contribution >= 0.6 is 11.6 Å². The van der Waals surface area contributed by atoms with E-state index in [2.05, 4.69) is 4.74 Å². The van der Waals surface area contributed by atoms with Gasteiger partial charge >= 0.3 is 5.97 Å². The van der Waals surface area contributed by atoms with Crippen LogP contribution in [0.1, 0.15) is 10.4 Å². The van der Waals surface area contributed by atoms with E-state index in [0.717, 1.165) is 0 Å². The van der Waals surface area contributed by atoms with Crippen LogP contribution in [0.5, 0.6) is 11.5 Å². The van der Waals surface area contributed by atoms with Crippen molar-refractivity contribution >= 4 is 23.3 Å². The largest absolute Gasteiger partial charge is 0.465 e. The van der Waals surface area contributed by atoms with Crippen molar-refractivity contribution in [2.24, 2.45) is 0 Å². The van der Waals surface area contributed by atoms with Crippen LogP contribution in [0.3, 0.4) is 0 Å². The summed E-state index contributed by atoms with van der Waals surface area (Å²) in [4.78, 5) is 21.4. The molecule has 7 heteroatoms. The second-order valence-electron chi connectivity index (χ2n) is 3.99. The summed E-state index contributed by atoms with van der Waals surface area (Å²) >= 11 is 5.92. The molecule has 0 spiro atoms. The summed E-state index contributed by atoms with van der Waals surface area (Å²) in [7, 11) is 1.30. The Kier molecular flexibility index (Phi) is 4.39. The number of benzene rings is 2. The normalized spacial score (nSPS) is 10.0. The molecule has 108 valence electrons. The number of halogens is 1.